The molecule has 1 aliphatic rings. The van der Waals surface area contributed by atoms with Gasteiger partial charge in [-0.2, -0.15) is 11.8 Å². The summed E-state index contributed by atoms with van der Waals surface area (Å²) in [5.74, 6) is 0.897. The summed E-state index contributed by atoms with van der Waals surface area (Å²) in [6.45, 7) is 9.71. The van der Waals surface area contributed by atoms with Crippen molar-refractivity contribution < 1.29 is 0 Å². The van der Waals surface area contributed by atoms with Gasteiger partial charge in [-0.05, 0) is 34.2 Å². The number of rotatable bonds is 5. The number of halogens is 1. The molecule has 0 aromatic heterocycles. The molecule has 0 aliphatic carbocycles. The molecule has 0 aromatic carbocycles. The maximum absolute atomic E-state index is 4.31. The van der Waals surface area contributed by atoms with Gasteiger partial charge in [-0.1, -0.05) is 0 Å². The lowest BCUT2D eigenvalue weighted by Crippen LogP contribution is -2.55. The number of piperazine rings is 1. The SMILES string of the molecule is CN=C(NCC1CN(C)CCN1C)NCC(C)(C)SC.I. The maximum Gasteiger partial charge on any atom is 0.191 e. The van der Waals surface area contributed by atoms with Crippen LogP contribution >= 0.6 is 35.7 Å². The van der Waals surface area contributed by atoms with E-state index < -0.39 is 0 Å². The standard InChI is InChI=1S/C14H31N5S.HI/c1-14(2,20-6)11-17-13(15-3)16-9-12-10-18(4)7-8-19(12)5;/h12H,7-11H2,1-6H3,(H2,15,16,17);1H. The Morgan fingerprint density at radius 2 is 1.95 bits per heavy atom. The minimum absolute atomic E-state index is 0. The highest BCUT2D eigenvalue weighted by atomic mass is 127. The third-order valence-electron chi connectivity index (χ3n) is 3.94. The normalized spacial score (nSPS) is 21.8. The minimum Gasteiger partial charge on any atom is -0.355 e. The van der Waals surface area contributed by atoms with Crippen LogP contribution in [-0.2, 0) is 0 Å². The second-order valence-corrected chi connectivity index (χ2v) is 7.68. The fraction of sp³-hybridized carbons (Fsp3) is 0.929. The molecule has 0 spiro atoms. The Balaban J connectivity index is 0.00000400. The average molecular weight is 429 g/mol. The summed E-state index contributed by atoms with van der Waals surface area (Å²) in [5.41, 5.74) is 0. The molecule has 1 saturated heterocycles. The number of hydrogen-bond donors (Lipinski definition) is 2. The summed E-state index contributed by atoms with van der Waals surface area (Å²) in [5, 5.41) is 6.86. The van der Waals surface area contributed by atoms with E-state index in [-0.39, 0.29) is 28.7 Å². The van der Waals surface area contributed by atoms with Crippen LogP contribution < -0.4 is 10.6 Å². The molecule has 2 N–H and O–H groups in total. The monoisotopic (exact) mass is 429 g/mol. The molecular formula is C14H32IN5S. The Morgan fingerprint density at radius 1 is 1.29 bits per heavy atom. The fourth-order valence-electron chi connectivity index (χ4n) is 2.13. The number of guanidine groups is 1. The highest BCUT2D eigenvalue weighted by molar-refractivity contribution is 14.0. The van der Waals surface area contributed by atoms with Crippen molar-refractivity contribution >= 4 is 41.7 Å². The number of thioether (sulfide) groups is 1. The number of hydrogen-bond acceptors (Lipinski definition) is 4. The van der Waals surface area contributed by atoms with Crippen molar-refractivity contribution in [2.75, 3.05) is 60.1 Å². The predicted molar refractivity (Wildman–Crippen MR) is 106 cm³/mol. The molecule has 0 saturated carbocycles. The summed E-state index contributed by atoms with van der Waals surface area (Å²) in [6.07, 6.45) is 2.14. The molecule has 5 nitrogen and oxygen atoms in total. The topological polar surface area (TPSA) is 42.9 Å². The zero-order valence-corrected chi connectivity index (χ0v) is 17.4. The molecule has 0 aromatic rings. The van der Waals surface area contributed by atoms with Crippen LogP contribution in [0.5, 0.6) is 0 Å². The van der Waals surface area contributed by atoms with E-state index in [1.54, 1.807) is 0 Å². The number of nitrogens with zero attached hydrogens (tertiary/aromatic N) is 3. The van der Waals surface area contributed by atoms with E-state index in [0.717, 1.165) is 38.7 Å². The minimum atomic E-state index is 0. The van der Waals surface area contributed by atoms with E-state index in [1.165, 1.54) is 0 Å². The highest BCUT2D eigenvalue weighted by Crippen LogP contribution is 2.19. The van der Waals surface area contributed by atoms with Gasteiger partial charge in [-0.3, -0.25) is 9.89 Å². The van der Waals surface area contributed by atoms with Gasteiger partial charge in [0.05, 0.1) is 0 Å². The first-order chi connectivity index (χ1) is 9.38. The van der Waals surface area contributed by atoms with Crippen molar-refractivity contribution in [3.8, 4) is 0 Å². The van der Waals surface area contributed by atoms with E-state index in [1.807, 2.05) is 18.8 Å². The molecule has 21 heavy (non-hydrogen) atoms. The largest absolute Gasteiger partial charge is 0.355 e. The van der Waals surface area contributed by atoms with Gasteiger partial charge in [0.2, 0.25) is 0 Å². The second kappa shape index (κ2) is 10.1. The Morgan fingerprint density at radius 3 is 2.52 bits per heavy atom. The van der Waals surface area contributed by atoms with E-state index in [0.29, 0.717) is 6.04 Å². The highest BCUT2D eigenvalue weighted by Gasteiger charge is 2.22. The lowest BCUT2D eigenvalue weighted by atomic mass is 10.2. The van der Waals surface area contributed by atoms with Crippen LogP contribution in [0.2, 0.25) is 0 Å². The molecule has 1 heterocycles. The fourth-order valence-corrected chi connectivity index (χ4v) is 2.34. The van der Waals surface area contributed by atoms with Crippen LogP contribution in [0.15, 0.2) is 4.99 Å². The van der Waals surface area contributed by atoms with Crippen LogP contribution in [0.25, 0.3) is 0 Å². The van der Waals surface area contributed by atoms with Gasteiger partial charge in [0.25, 0.3) is 0 Å². The van der Waals surface area contributed by atoms with Crippen molar-refractivity contribution in [3.63, 3.8) is 0 Å². The summed E-state index contributed by atoms with van der Waals surface area (Å²) in [4.78, 5) is 9.12. The van der Waals surface area contributed by atoms with Crippen LogP contribution in [-0.4, -0.2) is 86.7 Å². The van der Waals surface area contributed by atoms with Crippen LogP contribution in [0, 0.1) is 0 Å². The maximum atomic E-state index is 4.31. The smallest absolute Gasteiger partial charge is 0.191 e. The van der Waals surface area contributed by atoms with E-state index in [9.17, 15) is 0 Å². The molecule has 1 atom stereocenters. The number of nitrogens with one attached hydrogen (secondary N) is 2. The summed E-state index contributed by atoms with van der Waals surface area (Å²) in [7, 11) is 6.22. The van der Waals surface area contributed by atoms with E-state index in [4.69, 9.17) is 0 Å². The van der Waals surface area contributed by atoms with Gasteiger partial charge in [0.1, 0.15) is 0 Å². The Bertz CT molecular complexity index is 324. The van der Waals surface area contributed by atoms with E-state index in [2.05, 4.69) is 59.6 Å². The zero-order chi connectivity index (χ0) is 15.2. The lowest BCUT2D eigenvalue weighted by molar-refractivity contribution is 0.116. The molecule has 1 unspecified atom stereocenters. The molecule has 1 fully saturated rings. The lowest BCUT2D eigenvalue weighted by Gasteiger charge is -2.38. The molecule has 0 radical (unpaired) electrons. The van der Waals surface area contributed by atoms with Gasteiger partial charge in [0, 0.05) is 50.6 Å². The number of likely N-dealkylation sites (N-methyl/N-ethyl adjacent to an activating group) is 2. The summed E-state index contributed by atoms with van der Waals surface area (Å²) in [6, 6.07) is 0.542. The molecular weight excluding hydrogens is 397 g/mol. The van der Waals surface area contributed by atoms with Crippen molar-refractivity contribution in [3.05, 3.63) is 0 Å². The van der Waals surface area contributed by atoms with Crippen molar-refractivity contribution in [2.45, 2.75) is 24.6 Å². The molecule has 126 valence electrons. The number of aliphatic imine (C=N–C) groups is 1. The third-order valence-corrected chi connectivity index (χ3v) is 5.19. The quantitative estimate of drug-likeness (QED) is 0.390. The molecule has 1 aliphatic heterocycles. The molecule has 0 amide bonds. The van der Waals surface area contributed by atoms with Crippen molar-refractivity contribution in [1.82, 2.24) is 20.4 Å². The van der Waals surface area contributed by atoms with Crippen LogP contribution in [0.4, 0.5) is 0 Å². The second-order valence-electron chi connectivity index (χ2n) is 6.17. The van der Waals surface area contributed by atoms with Gasteiger partial charge >= 0.3 is 0 Å². The third kappa shape index (κ3) is 7.90. The van der Waals surface area contributed by atoms with E-state index >= 15 is 0 Å². The summed E-state index contributed by atoms with van der Waals surface area (Å²) >= 11 is 1.87. The zero-order valence-electron chi connectivity index (χ0n) is 14.3. The first kappa shape index (κ1) is 21.3. The molecule has 1 rings (SSSR count). The van der Waals surface area contributed by atoms with Crippen LogP contribution in [0.3, 0.4) is 0 Å². The van der Waals surface area contributed by atoms with Gasteiger partial charge in [-0.25, -0.2) is 0 Å². The Hall–Kier alpha value is 0.270. The van der Waals surface area contributed by atoms with Crippen molar-refractivity contribution in [1.29, 1.82) is 0 Å². The van der Waals surface area contributed by atoms with Crippen LogP contribution in [0.1, 0.15) is 13.8 Å². The Kier molecular flexibility index (Phi) is 10.3. The Labute approximate surface area is 151 Å². The van der Waals surface area contributed by atoms with Crippen molar-refractivity contribution in [2.24, 2.45) is 4.99 Å². The van der Waals surface area contributed by atoms with Gasteiger partial charge in [-0.15, -0.1) is 24.0 Å². The first-order valence-electron chi connectivity index (χ1n) is 7.26. The predicted octanol–water partition coefficient (Wildman–Crippen LogP) is 1.16. The molecule has 0 bridgehead atoms. The average Bonchev–Trinajstić information content (AvgIpc) is 2.42. The van der Waals surface area contributed by atoms with Gasteiger partial charge < -0.3 is 15.5 Å². The molecule has 7 heteroatoms. The first-order valence-corrected chi connectivity index (χ1v) is 8.49. The van der Waals surface area contributed by atoms with Gasteiger partial charge in [0.15, 0.2) is 5.96 Å². The summed E-state index contributed by atoms with van der Waals surface area (Å²) < 4.78 is 0.222.